The Morgan fingerprint density at radius 3 is 2.29 bits per heavy atom. The van der Waals surface area contributed by atoms with Crippen LogP contribution in [0, 0.1) is 0 Å². The highest BCUT2D eigenvalue weighted by atomic mass is 16.5. The van der Waals surface area contributed by atoms with E-state index in [1.807, 2.05) is 6.07 Å². The lowest BCUT2D eigenvalue weighted by Gasteiger charge is -2.46. The smallest absolute Gasteiger partial charge is 0.173 e. The average molecular weight is 559 g/mol. The zero-order valence-electron chi connectivity index (χ0n) is 24.0. The Kier molecular flexibility index (Phi) is 8.19. The van der Waals surface area contributed by atoms with Gasteiger partial charge in [0.1, 0.15) is 5.75 Å². The average Bonchev–Trinajstić information content (AvgIpc) is 3.03. The second-order valence-corrected chi connectivity index (χ2v) is 11.6. The van der Waals surface area contributed by atoms with E-state index in [1.165, 1.54) is 11.1 Å². The molecule has 3 aromatic rings. The van der Waals surface area contributed by atoms with Gasteiger partial charge in [0.15, 0.2) is 11.6 Å². The van der Waals surface area contributed by atoms with Gasteiger partial charge in [-0.2, -0.15) is 0 Å². The van der Waals surface area contributed by atoms with Crippen LogP contribution in [-0.4, -0.2) is 112 Å². The van der Waals surface area contributed by atoms with Crippen LogP contribution in [0.4, 0.5) is 11.6 Å². The van der Waals surface area contributed by atoms with Crippen LogP contribution in [0.3, 0.4) is 0 Å². The molecule has 7 rings (SSSR count). The van der Waals surface area contributed by atoms with E-state index in [9.17, 15) is 0 Å². The summed E-state index contributed by atoms with van der Waals surface area (Å²) in [6, 6.07) is 15.4. The molecule has 1 unspecified atom stereocenters. The van der Waals surface area contributed by atoms with Gasteiger partial charge in [-0.25, -0.2) is 9.97 Å². The minimum Gasteiger partial charge on any atom is -0.493 e. The number of hydrogen-bond acceptors (Lipinski definition) is 9. The molecule has 9 nitrogen and oxygen atoms in total. The van der Waals surface area contributed by atoms with Crippen LogP contribution >= 0.6 is 0 Å². The Labute approximate surface area is 243 Å². The van der Waals surface area contributed by atoms with E-state index in [0.29, 0.717) is 12.6 Å². The highest BCUT2D eigenvalue weighted by Gasteiger charge is 2.37. The van der Waals surface area contributed by atoms with Crippen molar-refractivity contribution in [1.29, 1.82) is 0 Å². The van der Waals surface area contributed by atoms with Crippen LogP contribution in [0.25, 0.3) is 11.0 Å². The summed E-state index contributed by atoms with van der Waals surface area (Å²) in [5.41, 5.74) is 4.74. The van der Waals surface area contributed by atoms with Crippen molar-refractivity contribution in [1.82, 2.24) is 19.8 Å². The van der Waals surface area contributed by atoms with E-state index in [-0.39, 0.29) is 0 Å². The maximum absolute atomic E-state index is 6.17. The van der Waals surface area contributed by atoms with Gasteiger partial charge < -0.3 is 24.0 Å². The second kappa shape index (κ2) is 12.5. The third-order valence-corrected chi connectivity index (χ3v) is 8.97. The molecule has 2 saturated heterocycles. The van der Waals surface area contributed by atoms with Crippen LogP contribution in [0.15, 0.2) is 42.5 Å². The number of aromatic nitrogens is 2. The summed E-state index contributed by atoms with van der Waals surface area (Å²) >= 11 is 0. The Morgan fingerprint density at radius 2 is 1.49 bits per heavy atom. The van der Waals surface area contributed by atoms with Crippen molar-refractivity contribution in [2.75, 3.05) is 102 Å². The normalized spacial score (nSPS) is 21.4. The standard InChI is InChI=1S/C32H42N6O3/c1-2-6-27-25(5-1)9-13-38-30(27)24-37(12-3-10-35-14-19-39-20-15-35)31-32(38)33-28-8-7-26(23-29(28)34-31)41-18-4-11-36-16-21-40-22-17-36/h1-2,5-8,23,30H,3-4,9-22,24H2. The monoisotopic (exact) mass is 558 g/mol. The molecule has 41 heavy (non-hydrogen) atoms. The zero-order chi connectivity index (χ0) is 27.4. The van der Waals surface area contributed by atoms with Crippen LogP contribution in [0.1, 0.15) is 30.0 Å². The Balaban J connectivity index is 1.10. The van der Waals surface area contributed by atoms with Crippen molar-refractivity contribution in [3.05, 3.63) is 53.6 Å². The molecule has 0 saturated carbocycles. The molecule has 0 aliphatic carbocycles. The van der Waals surface area contributed by atoms with Crippen molar-refractivity contribution < 1.29 is 14.2 Å². The first-order valence-electron chi connectivity index (χ1n) is 15.5. The summed E-state index contributed by atoms with van der Waals surface area (Å²) in [6.07, 6.45) is 3.14. The number of nitrogens with zero attached hydrogens (tertiary/aromatic N) is 6. The van der Waals surface area contributed by atoms with Gasteiger partial charge in [-0.3, -0.25) is 9.80 Å². The van der Waals surface area contributed by atoms with Crippen molar-refractivity contribution >= 4 is 22.7 Å². The van der Waals surface area contributed by atoms with Crippen molar-refractivity contribution in [2.45, 2.75) is 25.3 Å². The summed E-state index contributed by atoms with van der Waals surface area (Å²) < 4.78 is 17.2. The van der Waals surface area contributed by atoms with Gasteiger partial charge >= 0.3 is 0 Å². The second-order valence-electron chi connectivity index (χ2n) is 11.6. The van der Waals surface area contributed by atoms with Gasteiger partial charge in [0.05, 0.1) is 50.1 Å². The summed E-state index contributed by atoms with van der Waals surface area (Å²) in [7, 11) is 0. The van der Waals surface area contributed by atoms with Gasteiger partial charge in [-0.05, 0) is 42.5 Å². The molecule has 4 aliphatic rings. The molecule has 0 amide bonds. The molecule has 0 bridgehead atoms. The molecule has 4 aliphatic heterocycles. The predicted octanol–water partition coefficient (Wildman–Crippen LogP) is 3.38. The fraction of sp³-hybridized carbons (Fsp3) is 0.562. The highest BCUT2D eigenvalue weighted by molar-refractivity contribution is 5.83. The molecule has 218 valence electrons. The number of benzene rings is 2. The quantitative estimate of drug-likeness (QED) is 0.368. The van der Waals surface area contributed by atoms with E-state index in [1.54, 1.807) is 0 Å². The zero-order valence-corrected chi connectivity index (χ0v) is 24.0. The van der Waals surface area contributed by atoms with Crippen LogP contribution in [0.2, 0.25) is 0 Å². The first-order chi connectivity index (χ1) is 20.3. The summed E-state index contributed by atoms with van der Waals surface area (Å²) in [6.45, 7) is 13.2. The number of fused-ring (bicyclic) bond motifs is 6. The highest BCUT2D eigenvalue weighted by Crippen LogP contribution is 2.42. The maximum Gasteiger partial charge on any atom is 0.173 e. The fourth-order valence-electron chi connectivity index (χ4n) is 6.72. The number of morpholine rings is 2. The summed E-state index contributed by atoms with van der Waals surface area (Å²) in [5.74, 6) is 2.90. The Morgan fingerprint density at radius 1 is 0.756 bits per heavy atom. The van der Waals surface area contributed by atoms with Crippen LogP contribution < -0.4 is 14.5 Å². The third kappa shape index (κ3) is 6.00. The topological polar surface area (TPSA) is 66.4 Å². The Bertz CT molecular complexity index is 1330. The molecule has 2 fully saturated rings. The van der Waals surface area contributed by atoms with E-state index >= 15 is 0 Å². The first kappa shape index (κ1) is 26.9. The molecule has 5 heterocycles. The van der Waals surface area contributed by atoms with E-state index in [4.69, 9.17) is 24.2 Å². The number of rotatable bonds is 9. The van der Waals surface area contributed by atoms with Gasteiger partial charge in [-0.15, -0.1) is 0 Å². The summed E-state index contributed by atoms with van der Waals surface area (Å²) in [4.78, 5) is 20.5. The molecular weight excluding hydrogens is 516 g/mol. The summed E-state index contributed by atoms with van der Waals surface area (Å²) in [5, 5.41) is 0. The molecule has 1 aromatic heterocycles. The van der Waals surface area contributed by atoms with Gasteiger partial charge in [0.2, 0.25) is 0 Å². The van der Waals surface area contributed by atoms with Crippen LogP contribution in [-0.2, 0) is 15.9 Å². The first-order valence-corrected chi connectivity index (χ1v) is 15.5. The Hall–Kier alpha value is -2.98. The third-order valence-electron chi connectivity index (χ3n) is 8.97. The number of anilines is 2. The van der Waals surface area contributed by atoms with Crippen molar-refractivity contribution in [3.8, 4) is 5.75 Å². The molecule has 0 spiro atoms. The van der Waals surface area contributed by atoms with E-state index in [0.717, 1.165) is 133 Å². The number of hydrogen-bond donors (Lipinski definition) is 0. The van der Waals surface area contributed by atoms with Crippen molar-refractivity contribution in [3.63, 3.8) is 0 Å². The minimum absolute atomic E-state index is 0.302. The van der Waals surface area contributed by atoms with Gasteiger partial charge in [-0.1, -0.05) is 24.3 Å². The molecular formula is C32H42N6O3. The largest absolute Gasteiger partial charge is 0.493 e. The van der Waals surface area contributed by atoms with Gasteiger partial charge in [0.25, 0.3) is 0 Å². The van der Waals surface area contributed by atoms with E-state index < -0.39 is 0 Å². The molecule has 9 heteroatoms. The lowest BCUT2D eigenvalue weighted by Crippen LogP contribution is -2.48. The minimum atomic E-state index is 0.302. The molecule has 0 N–H and O–H groups in total. The SMILES string of the molecule is c1ccc2c(c1)CCN1c3nc4ccc(OCCCN5CCOCC5)cc4nc3N(CCCN3CCOCC3)CC21. The maximum atomic E-state index is 6.17. The van der Waals surface area contributed by atoms with Crippen molar-refractivity contribution in [2.24, 2.45) is 0 Å². The predicted molar refractivity (Wildman–Crippen MR) is 161 cm³/mol. The number of ether oxygens (including phenoxy) is 3. The fourth-order valence-corrected chi connectivity index (χ4v) is 6.72. The molecule has 1 atom stereocenters. The van der Waals surface area contributed by atoms with Crippen LogP contribution in [0.5, 0.6) is 5.75 Å². The lowest BCUT2D eigenvalue weighted by molar-refractivity contribution is 0.0358. The van der Waals surface area contributed by atoms with E-state index in [2.05, 4.69) is 56.0 Å². The molecule has 0 radical (unpaired) electrons. The lowest BCUT2D eigenvalue weighted by atomic mass is 9.91. The molecule has 2 aromatic carbocycles. The van der Waals surface area contributed by atoms with Gasteiger partial charge in [0, 0.05) is 65.0 Å².